The van der Waals surface area contributed by atoms with Crippen molar-refractivity contribution in [2.45, 2.75) is 18.2 Å². The Bertz CT molecular complexity index is 184. The average Bonchev–Trinajstić information content (AvgIpc) is 1.88. The van der Waals surface area contributed by atoms with Crippen LogP contribution in [-0.4, -0.2) is 9.81 Å². The fourth-order valence-corrected chi connectivity index (χ4v) is 1.22. The highest BCUT2D eigenvalue weighted by atomic mass is 79.9. The molecule has 0 bridgehead atoms. The van der Waals surface area contributed by atoms with Gasteiger partial charge in [0, 0.05) is 17.2 Å². The summed E-state index contributed by atoms with van der Waals surface area (Å²) in [5.41, 5.74) is 1.28. The fourth-order valence-electron chi connectivity index (χ4n) is 0.844. The van der Waals surface area contributed by atoms with Gasteiger partial charge in [0.05, 0.1) is 0 Å². The van der Waals surface area contributed by atoms with Crippen LogP contribution in [0.1, 0.15) is 12.5 Å². The summed E-state index contributed by atoms with van der Waals surface area (Å²) in [6, 6.07) is 4.05. The summed E-state index contributed by atoms with van der Waals surface area (Å²) in [7, 11) is 0. The number of alkyl halides is 1. The topological polar surface area (TPSA) is 12.9 Å². The molecule has 1 heterocycles. The second-order valence-electron chi connectivity index (χ2n) is 2.35. The Labute approximate surface area is 69.6 Å². The summed E-state index contributed by atoms with van der Waals surface area (Å²) in [5.74, 6) is 0. The van der Waals surface area contributed by atoms with Gasteiger partial charge in [-0.3, -0.25) is 4.98 Å². The SMILES string of the molecule is CC(Br)Cc1cccnc1. The molecule has 0 aliphatic rings. The van der Waals surface area contributed by atoms with Gasteiger partial charge in [0.2, 0.25) is 0 Å². The van der Waals surface area contributed by atoms with Gasteiger partial charge in [-0.05, 0) is 18.1 Å². The average molecular weight is 200 g/mol. The highest BCUT2D eigenvalue weighted by Crippen LogP contribution is 2.06. The third-order valence-electron chi connectivity index (χ3n) is 1.24. The van der Waals surface area contributed by atoms with Crippen molar-refractivity contribution in [2.75, 3.05) is 0 Å². The van der Waals surface area contributed by atoms with Crippen LogP contribution in [0.2, 0.25) is 0 Å². The minimum Gasteiger partial charge on any atom is -0.264 e. The van der Waals surface area contributed by atoms with E-state index in [1.54, 1.807) is 6.20 Å². The lowest BCUT2D eigenvalue weighted by Gasteiger charge is -2.00. The molecule has 0 N–H and O–H groups in total. The minimum absolute atomic E-state index is 0.539. The van der Waals surface area contributed by atoms with Gasteiger partial charge >= 0.3 is 0 Å². The van der Waals surface area contributed by atoms with Crippen molar-refractivity contribution in [3.8, 4) is 0 Å². The van der Waals surface area contributed by atoms with Crippen molar-refractivity contribution in [2.24, 2.45) is 0 Å². The molecular formula is C8H10BrN. The molecule has 1 aromatic rings. The van der Waals surface area contributed by atoms with Crippen LogP contribution in [0.5, 0.6) is 0 Å². The van der Waals surface area contributed by atoms with Crippen LogP contribution in [0, 0.1) is 0 Å². The van der Waals surface area contributed by atoms with E-state index >= 15 is 0 Å². The molecule has 1 aromatic heterocycles. The maximum Gasteiger partial charge on any atom is 0.0300 e. The quantitative estimate of drug-likeness (QED) is 0.668. The van der Waals surface area contributed by atoms with Crippen LogP contribution in [0.3, 0.4) is 0 Å². The van der Waals surface area contributed by atoms with Crippen molar-refractivity contribution in [3.05, 3.63) is 30.1 Å². The lowest BCUT2D eigenvalue weighted by atomic mass is 10.2. The molecule has 1 atom stereocenters. The molecule has 0 fully saturated rings. The van der Waals surface area contributed by atoms with E-state index in [0.29, 0.717) is 4.83 Å². The molecule has 10 heavy (non-hydrogen) atoms. The molecule has 0 saturated heterocycles. The molecule has 1 nitrogen and oxygen atoms in total. The van der Waals surface area contributed by atoms with E-state index in [4.69, 9.17) is 0 Å². The highest BCUT2D eigenvalue weighted by molar-refractivity contribution is 9.09. The summed E-state index contributed by atoms with van der Waals surface area (Å²) in [4.78, 5) is 4.56. The molecule has 54 valence electrons. The number of hydrogen-bond acceptors (Lipinski definition) is 1. The summed E-state index contributed by atoms with van der Waals surface area (Å²) in [6.07, 6.45) is 4.74. The third kappa shape index (κ3) is 2.48. The zero-order valence-electron chi connectivity index (χ0n) is 5.92. The van der Waals surface area contributed by atoms with Crippen molar-refractivity contribution in [3.63, 3.8) is 0 Å². The fraction of sp³-hybridized carbons (Fsp3) is 0.375. The van der Waals surface area contributed by atoms with E-state index in [-0.39, 0.29) is 0 Å². The zero-order valence-corrected chi connectivity index (χ0v) is 7.51. The Morgan fingerprint density at radius 3 is 3.00 bits per heavy atom. The molecule has 2 heteroatoms. The number of halogens is 1. The first-order valence-electron chi connectivity index (χ1n) is 3.32. The van der Waals surface area contributed by atoms with Crippen LogP contribution in [0.4, 0.5) is 0 Å². The van der Waals surface area contributed by atoms with Gasteiger partial charge in [0.1, 0.15) is 0 Å². The van der Waals surface area contributed by atoms with Gasteiger partial charge in [0.25, 0.3) is 0 Å². The van der Waals surface area contributed by atoms with Crippen molar-refractivity contribution >= 4 is 15.9 Å². The van der Waals surface area contributed by atoms with E-state index < -0.39 is 0 Å². The molecule has 0 spiro atoms. The molecule has 0 radical (unpaired) electrons. The van der Waals surface area contributed by atoms with Crippen LogP contribution in [-0.2, 0) is 6.42 Å². The summed E-state index contributed by atoms with van der Waals surface area (Å²) in [6.45, 7) is 2.13. The monoisotopic (exact) mass is 199 g/mol. The van der Waals surface area contributed by atoms with Crippen LogP contribution in [0.25, 0.3) is 0 Å². The largest absolute Gasteiger partial charge is 0.264 e. The standard InChI is InChI=1S/C8H10BrN/c1-7(9)5-8-3-2-4-10-6-8/h2-4,6-7H,5H2,1H3. The predicted octanol–water partition coefficient (Wildman–Crippen LogP) is 2.41. The van der Waals surface area contributed by atoms with Crippen LogP contribution in [0.15, 0.2) is 24.5 Å². The van der Waals surface area contributed by atoms with Crippen molar-refractivity contribution in [1.29, 1.82) is 0 Å². The van der Waals surface area contributed by atoms with Gasteiger partial charge in [0.15, 0.2) is 0 Å². The maximum absolute atomic E-state index is 4.02. The number of aromatic nitrogens is 1. The first-order valence-corrected chi connectivity index (χ1v) is 4.23. The Morgan fingerprint density at radius 2 is 2.50 bits per heavy atom. The van der Waals surface area contributed by atoms with Crippen LogP contribution < -0.4 is 0 Å². The molecule has 0 aliphatic carbocycles. The predicted molar refractivity (Wildman–Crippen MR) is 46.3 cm³/mol. The molecule has 0 amide bonds. The van der Waals surface area contributed by atoms with Gasteiger partial charge < -0.3 is 0 Å². The zero-order chi connectivity index (χ0) is 7.40. The van der Waals surface area contributed by atoms with Gasteiger partial charge in [-0.15, -0.1) is 0 Å². The molecular weight excluding hydrogens is 190 g/mol. The van der Waals surface area contributed by atoms with Crippen LogP contribution >= 0.6 is 15.9 Å². The Balaban J connectivity index is 2.59. The Morgan fingerprint density at radius 1 is 1.70 bits per heavy atom. The van der Waals surface area contributed by atoms with E-state index in [0.717, 1.165) is 6.42 Å². The number of rotatable bonds is 2. The van der Waals surface area contributed by atoms with Gasteiger partial charge in [-0.2, -0.15) is 0 Å². The highest BCUT2D eigenvalue weighted by Gasteiger charge is 1.96. The van der Waals surface area contributed by atoms with Crippen molar-refractivity contribution < 1.29 is 0 Å². The third-order valence-corrected chi connectivity index (χ3v) is 1.56. The van der Waals surface area contributed by atoms with Crippen molar-refractivity contribution in [1.82, 2.24) is 4.98 Å². The molecule has 1 rings (SSSR count). The smallest absolute Gasteiger partial charge is 0.0300 e. The maximum atomic E-state index is 4.02. The normalized spacial score (nSPS) is 13.0. The van der Waals surface area contributed by atoms with E-state index in [1.165, 1.54) is 5.56 Å². The minimum atomic E-state index is 0.539. The second-order valence-corrected chi connectivity index (χ2v) is 3.91. The molecule has 1 unspecified atom stereocenters. The Hall–Kier alpha value is -0.370. The summed E-state index contributed by atoms with van der Waals surface area (Å²) in [5, 5.41) is 0. The lowest BCUT2D eigenvalue weighted by molar-refractivity contribution is 0.949. The molecule has 0 aromatic carbocycles. The van der Waals surface area contributed by atoms with Gasteiger partial charge in [-0.25, -0.2) is 0 Å². The number of pyridine rings is 1. The van der Waals surface area contributed by atoms with E-state index in [9.17, 15) is 0 Å². The summed E-state index contributed by atoms with van der Waals surface area (Å²) >= 11 is 3.48. The summed E-state index contributed by atoms with van der Waals surface area (Å²) < 4.78 is 0. The first-order chi connectivity index (χ1) is 4.79. The van der Waals surface area contributed by atoms with E-state index in [2.05, 4.69) is 33.9 Å². The number of hydrogen-bond donors (Lipinski definition) is 0. The van der Waals surface area contributed by atoms with E-state index in [1.807, 2.05) is 12.3 Å². The lowest BCUT2D eigenvalue weighted by Crippen LogP contribution is -1.95. The Kier molecular flexibility index (Phi) is 2.87. The molecule has 0 aliphatic heterocycles. The van der Waals surface area contributed by atoms with Gasteiger partial charge in [-0.1, -0.05) is 28.9 Å². The first kappa shape index (κ1) is 7.73. The number of nitrogens with zero attached hydrogens (tertiary/aromatic N) is 1. The molecule has 0 saturated carbocycles. The second kappa shape index (κ2) is 3.71.